The summed E-state index contributed by atoms with van der Waals surface area (Å²) in [5.74, 6) is -2.05. The van der Waals surface area contributed by atoms with E-state index in [1.54, 1.807) is 12.1 Å². The number of carbonyl (C=O) groups excluding carboxylic acids is 1. The molecule has 52 heavy (non-hydrogen) atoms. The zero-order valence-corrected chi connectivity index (χ0v) is 29.3. The van der Waals surface area contributed by atoms with Crippen LogP contribution in [0.4, 0.5) is 13.2 Å². The van der Waals surface area contributed by atoms with Crippen molar-refractivity contribution in [2.24, 2.45) is 0 Å². The third-order valence-electron chi connectivity index (χ3n) is 8.30. The Kier molecular flexibility index (Phi) is 11.3. The maximum Gasteiger partial charge on any atom is 0.416 e. The number of alkyl halides is 3. The van der Waals surface area contributed by atoms with Crippen molar-refractivity contribution in [3.63, 3.8) is 0 Å². The highest BCUT2D eigenvalue weighted by atomic mass is 32.2. The van der Waals surface area contributed by atoms with Crippen LogP contribution in [0.2, 0.25) is 0 Å². The number of carboxylic acids is 1. The third kappa shape index (κ3) is 9.32. The van der Waals surface area contributed by atoms with E-state index < -0.39 is 49.5 Å². The molecule has 5 rings (SSSR count). The fraction of sp³-hybridized carbons (Fsp3) is 0.158. The van der Waals surface area contributed by atoms with Crippen LogP contribution in [-0.2, 0) is 37.3 Å². The number of sulfone groups is 1. The molecule has 0 bridgehead atoms. The Morgan fingerprint density at radius 1 is 0.692 bits per heavy atom. The Morgan fingerprint density at radius 3 is 1.67 bits per heavy atom. The Bertz CT molecular complexity index is 2250. The van der Waals surface area contributed by atoms with E-state index >= 15 is 0 Å². The minimum absolute atomic E-state index is 0.0700. The molecule has 0 saturated carbocycles. The number of aliphatic carboxylic acids is 1. The summed E-state index contributed by atoms with van der Waals surface area (Å²) in [5.41, 5.74) is 2.70. The van der Waals surface area contributed by atoms with E-state index in [2.05, 4.69) is 4.72 Å². The molecule has 0 aliphatic carbocycles. The second kappa shape index (κ2) is 15.5. The fourth-order valence-corrected chi connectivity index (χ4v) is 7.14. The number of amides is 1. The van der Waals surface area contributed by atoms with Crippen LogP contribution in [0, 0.1) is 0 Å². The normalized spacial score (nSPS) is 12.6. The lowest BCUT2D eigenvalue weighted by Gasteiger charge is -2.29. The number of sulfonamides is 1. The van der Waals surface area contributed by atoms with Crippen molar-refractivity contribution in [2.45, 2.75) is 28.4 Å². The molecular formula is C38H33F3N2O7S2. The monoisotopic (exact) mass is 750 g/mol. The molecule has 0 aromatic heterocycles. The Hall–Kier alpha value is -5.31. The number of nitrogens with one attached hydrogen (secondary N) is 1. The smallest absolute Gasteiger partial charge is 0.416 e. The van der Waals surface area contributed by atoms with Crippen LogP contribution in [0.3, 0.4) is 0 Å². The molecular weight excluding hydrogens is 718 g/mol. The topological polar surface area (TPSA) is 138 Å². The standard InChI is InChI=1S/C38H33F3N2O7S2/c1-51(47,48)33-19-21-34(22-20-33)52(49,50)42-23-24-43(35(37(45)46)25-26-7-9-28(10-8-26)27-5-3-2-4-6-27)36(44)31-13-11-29(12-14-31)30-15-17-32(18-16-30)38(39,40)41/h2-22,35,42H,23-25H2,1H3,(H,45,46). The molecule has 0 aliphatic rings. The summed E-state index contributed by atoms with van der Waals surface area (Å²) < 4.78 is 91.2. The lowest BCUT2D eigenvalue weighted by atomic mass is 9.99. The molecule has 0 aliphatic heterocycles. The average Bonchev–Trinajstić information content (AvgIpc) is 3.12. The predicted octanol–water partition coefficient (Wildman–Crippen LogP) is 6.56. The number of carboxylic acid groups (broad SMARTS) is 1. The van der Waals surface area contributed by atoms with Crippen LogP contribution in [0.1, 0.15) is 21.5 Å². The highest BCUT2D eigenvalue weighted by Crippen LogP contribution is 2.31. The van der Waals surface area contributed by atoms with Gasteiger partial charge in [0.2, 0.25) is 10.0 Å². The Balaban J connectivity index is 1.40. The largest absolute Gasteiger partial charge is 0.480 e. The first-order chi connectivity index (χ1) is 24.5. The molecule has 9 nitrogen and oxygen atoms in total. The lowest BCUT2D eigenvalue weighted by molar-refractivity contribution is -0.142. The summed E-state index contributed by atoms with van der Waals surface area (Å²) in [6.07, 6.45) is -3.63. The maximum atomic E-state index is 14.0. The summed E-state index contributed by atoms with van der Waals surface area (Å²) in [7, 11) is -7.76. The molecule has 1 amide bonds. The first kappa shape index (κ1) is 37.9. The number of benzene rings is 5. The maximum absolute atomic E-state index is 14.0. The zero-order valence-electron chi connectivity index (χ0n) is 27.6. The lowest BCUT2D eigenvalue weighted by Crippen LogP contribution is -2.49. The molecule has 0 fully saturated rings. The van der Waals surface area contributed by atoms with Gasteiger partial charge in [0.05, 0.1) is 15.4 Å². The van der Waals surface area contributed by atoms with Gasteiger partial charge in [-0.3, -0.25) is 4.79 Å². The average molecular weight is 751 g/mol. The van der Waals surface area contributed by atoms with Crippen molar-refractivity contribution in [3.8, 4) is 22.3 Å². The minimum Gasteiger partial charge on any atom is -0.480 e. The predicted molar refractivity (Wildman–Crippen MR) is 190 cm³/mol. The number of carbonyl (C=O) groups is 2. The van der Waals surface area contributed by atoms with E-state index in [0.717, 1.165) is 58.7 Å². The van der Waals surface area contributed by atoms with E-state index in [1.807, 2.05) is 42.5 Å². The van der Waals surface area contributed by atoms with Gasteiger partial charge in [-0.15, -0.1) is 0 Å². The molecule has 1 unspecified atom stereocenters. The highest BCUT2D eigenvalue weighted by Gasteiger charge is 2.32. The van der Waals surface area contributed by atoms with Crippen molar-refractivity contribution in [1.82, 2.24) is 9.62 Å². The minimum atomic E-state index is -4.50. The summed E-state index contributed by atoms with van der Waals surface area (Å²) >= 11 is 0. The van der Waals surface area contributed by atoms with Crippen molar-refractivity contribution >= 4 is 31.7 Å². The molecule has 0 heterocycles. The molecule has 1 atom stereocenters. The quantitative estimate of drug-likeness (QED) is 0.139. The SMILES string of the molecule is CS(=O)(=O)c1ccc(S(=O)(=O)NCCN(C(=O)c2ccc(-c3ccc(C(F)(F)F)cc3)cc2)C(Cc2ccc(-c3ccccc3)cc2)C(=O)O)cc1. The van der Waals surface area contributed by atoms with E-state index in [0.29, 0.717) is 16.7 Å². The van der Waals surface area contributed by atoms with Crippen molar-refractivity contribution < 1.29 is 44.7 Å². The number of hydrogen-bond acceptors (Lipinski definition) is 6. The van der Waals surface area contributed by atoms with Crippen LogP contribution >= 0.6 is 0 Å². The van der Waals surface area contributed by atoms with Crippen LogP contribution < -0.4 is 4.72 Å². The number of halogens is 3. The number of nitrogens with zero attached hydrogens (tertiary/aromatic N) is 1. The molecule has 0 radical (unpaired) electrons. The first-order valence-corrected chi connectivity index (χ1v) is 19.2. The van der Waals surface area contributed by atoms with Gasteiger partial charge in [-0.05, 0) is 76.3 Å². The molecule has 5 aromatic rings. The summed E-state index contributed by atoms with van der Waals surface area (Å²) in [6.45, 7) is -0.749. The van der Waals surface area contributed by atoms with E-state index in [-0.39, 0.29) is 34.9 Å². The second-order valence-electron chi connectivity index (χ2n) is 11.9. The number of rotatable bonds is 13. The van der Waals surface area contributed by atoms with Gasteiger partial charge in [0.25, 0.3) is 5.91 Å². The molecule has 270 valence electrons. The van der Waals surface area contributed by atoms with Gasteiger partial charge < -0.3 is 10.0 Å². The summed E-state index contributed by atoms with van der Waals surface area (Å²) in [4.78, 5) is 27.5. The van der Waals surface area contributed by atoms with Gasteiger partial charge in [-0.25, -0.2) is 26.4 Å². The third-order valence-corrected chi connectivity index (χ3v) is 10.9. The van der Waals surface area contributed by atoms with Gasteiger partial charge >= 0.3 is 12.1 Å². The molecule has 0 spiro atoms. The van der Waals surface area contributed by atoms with E-state index in [9.17, 15) is 44.7 Å². The van der Waals surface area contributed by atoms with Crippen molar-refractivity contribution in [1.29, 1.82) is 0 Å². The highest BCUT2D eigenvalue weighted by molar-refractivity contribution is 7.90. The van der Waals surface area contributed by atoms with E-state index in [4.69, 9.17) is 0 Å². The van der Waals surface area contributed by atoms with Crippen LogP contribution in [0.25, 0.3) is 22.3 Å². The van der Waals surface area contributed by atoms with Gasteiger partial charge in [-0.1, -0.05) is 78.9 Å². The summed E-state index contributed by atoms with van der Waals surface area (Å²) in [6, 6.07) is 30.2. The molecule has 14 heteroatoms. The van der Waals surface area contributed by atoms with Gasteiger partial charge in [0, 0.05) is 31.3 Å². The number of hydrogen-bond donors (Lipinski definition) is 2. The van der Waals surface area contributed by atoms with Gasteiger partial charge in [0.15, 0.2) is 9.84 Å². The van der Waals surface area contributed by atoms with Gasteiger partial charge in [-0.2, -0.15) is 13.2 Å². The fourth-order valence-electron chi connectivity index (χ4n) is 5.49. The molecule has 5 aromatic carbocycles. The van der Waals surface area contributed by atoms with Crippen LogP contribution in [-0.4, -0.2) is 64.1 Å². The van der Waals surface area contributed by atoms with Crippen molar-refractivity contribution in [3.05, 3.63) is 144 Å². The second-order valence-corrected chi connectivity index (χ2v) is 15.7. The zero-order chi connectivity index (χ0) is 37.7. The molecule has 2 N–H and O–H groups in total. The summed E-state index contributed by atoms with van der Waals surface area (Å²) in [5, 5.41) is 10.4. The van der Waals surface area contributed by atoms with Crippen molar-refractivity contribution in [2.75, 3.05) is 19.3 Å². The van der Waals surface area contributed by atoms with Crippen LogP contribution in [0.5, 0.6) is 0 Å². The molecule has 0 saturated heterocycles. The van der Waals surface area contributed by atoms with E-state index in [1.165, 1.54) is 36.4 Å². The first-order valence-electron chi connectivity index (χ1n) is 15.8. The van der Waals surface area contributed by atoms with Crippen LogP contribution in [0.15, 0.2) is 137 Å². The Morgan fingerprint density at radius 2 is 1.17 bits per heavy atom. The Labute approximate surface area is 299 Å². The van der Waals surface area contributed by atoms with Gasteiger partial charge in [0.1, 0.15) is 6.04 Å².